The maximum absolute atomic E-state index is 4.42. The third-order valence-electron chi connectivity index (χ3n) is 10.1. The minimum Gasteiger partial charge on any atom is -0.0998 e. The van der Waals surface area contributed by atoms with Crippen molar-refractivity contribution >= 4 is 0 Å². The van der Waals surface area contributed by atoms with Crippen molar-refractivity contribution in [2.45, 2.75) is 119 Å². The van der Waals surface area contributed by atoms with E-state index < -0.39 is 0 Å². The summed E-state index contributed by atoms with van der Waals surface area (Å²) < 4.78 is 0. The van der Waals surface area contributed by atoms with Crippen LogP contribution in [0.15, 0.2) is 12.2 Å². The molecule has 8 atom stereocenters. The first-order valence-electron chi connectivity index (χ1n) is 13.0. The molecule has 0 bridgehead atoms. The summed E-state index contributed by atoms with van der Waals surface area (Å²) in [7, 11) is 0. The highest BCUT2D eigenvalue weighted by atomic mass is 14.6. The van der Waals surface area contributed by atoms with Crippen molar-refractivity contribution in [3.05, 3.63) is 12.2 Å². The van der Waals surface area contributed by atoms with Gasteiger partial charge in [0.05, 0.1) is 0 Å². The van der Waals surface area contributed by atoms with Crippen molar-refractivity contribution in [1.29, 1.82) is 0 Å². The maximum Gasteiger partial charge on any atom is -0.0152 e. The van der Waals surface area contributed by atoms with Crippen LogP contribution in [0.25, 0.3) is 0 Å². The number of hydrogen-bond acceptors (Lipinski definition) is 0. The van der Waals surface area contributed by atoms with Crippen LogP contribution in [0.3, 0.4) is 0 Å². The van der Waals surface area contributed by atoms with E-state index in [1.54, 1.807) is 19.3 Å². The van der Waals surface area contributed by atoms with Gasteiger partial charge in [0, 0.05) is 0 Å². The Hall–Kier alpha value is -0.260. The van der Waals surface area contributed by atoms with Crippen LogP contribution in [0.5, 0.6) is 0 Å². The molecule has 0 aromatic rings. The van der Waals surface area contributed by atoms with Gasteiger partial charge in [-0.1, -0.05) is 72.5 Å². The minimum atomic E-state index is 0.568. The van der Waals surface area contributed by atoms with Gasteiger partial charge in [-0.3, -0.25) is 0 Å². The average Bonchev–Trinajstić information content (AvgIpc) is 2.67. The molecule has 0 amide bonds. The molecule has 162 valence electrons. The summed E-state index contributed by atoms with van der Waals surface area (Å²) in [6.45, 7) is 18.5. The van der Waals surface area contributed by atoms with Crippen molar-refractivity contribution in [3.8, 4) is 0 Å². The first kappa shape index (κ1) is 22.4. The lowest BCUT2D eigenvalue weighted by atomic mass is 9.42. The van der Waals surface area contributed by atoms with Gasteiger partial charge in [-0.15, -0.1) is 0 Å². The van der Waals surface area contributed by atoms with Gasteiger partial charge in [0.2, 0.25) is 0 Å². The molecule has 0 spiro atoms. The Balaban J connectivity index is 0.00000109. The second kappa shape index (κ2) is 8.85. The quantitative estimate of drug-likeness (QED) is 0.424. The molecule has 0 nitrogen and oxygen atoms in total. The third-order valence-corrected chi connectivity index (χ3v) is 10.1. The molecule has 4 aliphatic carbocycles. The first-order chi connectivity index (χ1) is 13.4. The smallest absolute Gasteiger partial charge is 0.0152 e. The lowest BCUT2D eigenvalue weighted by Crippen LogP contribution is -2.55. The Morgan fingerprint density at radius 3 is 2.25 bits per heavy atom. The SMILES string of the molecule is C=C(C)C1CCCC2C3CCC4(C)CC(CCC)CCC4C3CCC12C.CC. The van der Waals surface area contributed by atoms with E-state index in [1.165, 1.54) is 63.4 Å². The summed E-state index contributed by atoms with van der Waals surface area (Å²) in [5.74, 6) is 5.97. The minimum absolute atomic E-state index is 0.568. The summed E-state index contributed by atoms with van der Waals surface area (Å²) in [5, 5.41) is 0. The maximum atomic E-state index is 4.42. The largest absolute Gasteiger partial charge is 0.0998 e. The van der Waals surface area contributed by atoms with E-state index in [2.05, 4.69) is 34.3 Å². The lowest BCUT2D eigenvalue weighted by molar-refractivity contribution is -0.129. The molecule has 8 unspecified atom stereocenters. The van der Waals surface area contributed by atoms with Gasteiger partial charge in [-0.05, 0) is 105 Å². The molecule has 0 heterocycles. The van der Waals surface area contributed by atoms with Crippen molar-refractivity contribution in [2.24, 2.45) is 46.3 Å². The van der Waals surface area contributed by atoms with Gasteiger partial charge in [-0.25, -0.2) is 0 Å². The van der Waals surface area contributed by atoms with E-state index >= 15 is 0 Å². The summed E-state index contributed by atoms with van der Waals surface area (Å²) >= 11 is 0. The second-order valence-corrected chi connectivity index (χ2v) is 11.5. The van der Waals surface area contributed by atoms with Crippen LogP contribution in [0.1, 0.15) is 119 Å². The third kappa shape index (κ3) is 3.76. The Kier molecular flexibility index (Phi) is 7.09. The summed E-state index contributed by atoms with van der Waals surface area (Å²) in [4.78, 5) is 0. The predicted octanol–water partition coefficient (Wildman–Crippen LogP) is 9.05. The number of hydrogen-bond donors (Lipinski definition) is 0. The van der Waals surface area contributed by atoms with Crippen LogP contribution in [-0.2, 0) is 0 Å². The molecule has 0 aromatic carbocycles. The number of allylic oxidation sites excluding steroid dienone is 1. The van der Waals surface area contributed by atoms with Crippen molar-refractivity contribution in [1.82, 2.24) is 0 Å². The molecule has 28 heavy (non-hydrogen) atoms. The summed E-state index contributed by atoms with van der Waals surface area (Å²) in [5.41, 5.74) is 2.73. The van der Waals surface area contributed by atoms with Crippen molar-refractivity contribution in [3.63, 3.8) is 0 Å². The topological polar surface area (TPSA) is 0 Å². The average molecular weight is 387 g/mol. The van der Waals surface area contributed by atoms with Crippen LogP contribution in [0.4, 0.5) is 0 Å². The highest BCUT2D eigenvalue weighted by molar-refractivity contribution is 5.13. The van der Waals surface area contributed by atoms with Crippen LogP contribution >= 0.6 is 0 Å². The van der Waals surface area contributed by atoms with Gasteiger partial charge in [0.15, 0.2) is 0 Å². The normalized spacial score (nSPS) is 47.6. The number of fused-ring (bicyclic) bond motifs is 5. The predicted molar refractivity (Wildman–Crippen MR) is 124 cm³/mol. The monoisotopic (exact) mass is 386 g/mol. The van der Waals surface area contributed by atoms with E-state index in [9.17, 15) is 0 Å². The van der Waals surface area contributed by atoms with Gasteiger partial charge in [-0.2, -0.15) is 0 Å². The lowest BCUT2D eigenvalue weighted by Gasteiger charge is -2.63. The van der Waals surface area contributed by atoms with Gasteiger partial charge in [0.25, 0.3) is 0 Å². The molecule has 0 heteroatoms. The summed E-state index contributed by atoms with van der Waals surface area (Å²) in [6, 6.07) is 0. The molecule has 4 fully saturated rings. The molecular weight excluding hydrogens is 336 g/mol. The fourth-order valence-corrected chi connectivity index (χ4v) is 9.08. The van der Waals surface area contributed by atoms with Crippen LogP contribution < -0.4 is 0 Å². The van der Waals surface area contributed by atoms with Gasteiger partial charge in [0.1, 0.15) is 0 Å². The Labute approximate surface area is 177 Å². The standard InChI is InChI=1S/C26H44.C2H6/c1-6-8-19-11-12-23-20-14-16-26(5)22(18(2)3)9-7-10-24(26)21(20)13-15-25(23,4)17-19;1-2/h19-24H,2,6-17H2,1,3-5H3;1-2H3. The molecular formula is C28H50. The van der Waals surface area contributed by atoms with E-state index in [-0.39, 0.29) is 0 Å². The first-order valence-corrected chi connectivity index (χ1v) is 13.0. The molecule has 0 N–H and O–H groups in total. The van der Waals surface area contributed by atoms with Crippen LogP contribution in [0.2, 0.25) is 0 Å². The van der Waals surface area contributed by atoms with Crippen LogP contribution in [0, 0.1) is 46.3 Å². The van der Waals surface area contributed by atoms with E-state index in [0.29, 0.717) is 10.8 Å². The molecule has 0 saturated heterocycles. The van der Waals surface area contributed by atoms with E-state index in [0.717, 1.165) is 35.5 Å². The zero-order chi connectivity index (χ0) is 20.5. The zero-order valence-corrected chi connectivity index (χ0v) is 20.2. The Bertz CT molecular complexity index is 532. The van der Waals surface area contributed by atoms with E-state index in [1.807, 2.05) is 13.8 Å². The van der Waals surface area contributed by atoms with Gasteiger partial charge < -0.3 is 0 Å². The molecule has 4 aliphatic rings. The highest BCUT2D eigenvalue weighted by Gasteiger charge is 2.57. The summed E-state index contributed by atoms with van der Waals surface area (Å²) in [6.07, 6.45) is 18.0. The van der Waals surface area contributed by atoms with Crippen molar-refractivity contribution < 1.29 is 0 Å². The molecule has 0 aliphatic heterocycles. The number of rotatable bonds is 3. The van der Waals surface area contributed by atoms with Gasteiger partial charge >= 0.3 is 0 Å². The second-order valence-electron chi connectivity index (χ2n) is 11.5. The molecule has 4 saturated carbocycles. The fraction of sp³-hybridized carbons (Fsp3) is 0.929. The van der Waals surface area contributed by atoms with E-state index in [4.69, 9.17) is 0 Å². The Morgan fingerprint density at radius 1 is 0.893 bits per heavy atom. The molecule has 4 rings (SSSR count). The van der Waals surface area contributed by atoms with Crippen LogP contribution in [-0.4, -0.2) is 0 Å². The Morgan fingerprint density at radius 2 is 1.57 bits per heavy atom. The molecule has 0 aromatic heterocycles. The molecule has 0 radical (unpaired) electrons. The zero-order valence-electron chi connectivity index (χ0n) is 20.2. The highest BCUT2D eigenvalue weighted by Crippen LogP contribution is 2.66. The van der Waals surface area contributed by atoms with Crippen molar-refractivity contribution in [2.75, 3.05) is 0 Å². The fourth-order valence-electron chi connectivity index (χ4n) is 9.08.